The lowest BCUT2D eigenvalue weighted by Gasteiger charge is -2.17. The molecule has 0 saturated carbocycles. The second-order valence-electron chi connectivity index (χ2n) is 5.22. The Bertz CT molecular complexity index is 854. The summed E-state index contributed by atoms with van der Waals surface area (Å²) >= 11 is 7.95. The summed E-state index contributed by atoms with van der Waals surface area (Å²) in [6, 6.07) is 11.4. The minimum atomic E-state index is -3.75. The van der Waals surface area contributed by atoms with Crippen LogP contribution in [0.25, 0.3) is 0 Å². The molecular formula is C16H16ClIN2O3S. The molecule has 5 nitrogen and oxygen atoms in total. The van der Waals surface area contributed by atoms with Gasteiger partial charge in [0.2, 0.25) is 15.9 Å². The number of anilines is 1. The molecular weight excluding hydrogens is 463 g/mol. The predicted octanol–water partition coefficient (Wildman–Crippen LogP) is 3.51. The first-order valence-corrected chi connectivity index (χ1v) is 9.88. The lowest BCUT2D eigenvalue weighted by atomic mass is 10.2. The molecule has 2 rings (SSSR count). The lowest BCUT2D eigenvalue weighted by molar-refractivity contribution is -0.116. The van der Waals surface area contributed by atoms with E-state index >= 15 is 0 Å². The molecule has 24 heavy (non-hydrogen) atoms. The first kappa shape index (κ1) is 19.2. The van der Waals surface area contributed by atoms with Crippen LogP contribution in [0.4, 0.5) is 5.69 Å². The monoisotopic (exact) mass is 478 g/mol. The van der Waals surface area contributed by atoms with E-state index in [1.165, 1.54) is 31.3 Å². The van der Waals surface area contributed by atoms with Crippen LogP contribution in [0.3, 0.4) is 0 Å². The second kappa shape index (κ2) is 7.81. The van der Waals surface area contributed by atoms with Crippen LogP contribution in [-0.2, 0) is 14.8 Å². The van der Waals surface area contributed by atoms with Crippen molar-refractivity contribution in [3.8, 4) is 0 Å². The van der Waals surface area contributed by atoms with Crippen molar-refractivity contribution in [2.45, 2.75) is 11.8 Å². The van der Waals surface area contributed by atoms with Gasteiger partial charge < -0.3 is 5.32 Å². The van der Waals surface area contributed by atoms with E-state index in [1.54, 1.807) is 6.07 Å². The molecule has 0 fully saturated rings. The number of carbonyl (C=O) groups excluding carboxylic acids is 1. The SMILES string of the molecule is Cc1cc(I)ccc1NC(=O)CN(C)S(=O)(=O)c1ccc(Cl)cc1. The van der Waals surface area contributed by atoms with Gasteiger partial charge >= 0.3 is 0 Å². The lowest BCUT2D eigenvalue weighted by Crippen LogP contribution is -2.35. The van der Waals surface area contributed by atoms with Crippen molar-refractivity contribution in [2.24, 2.45) is 0 Å². The first-order chi connectivity index (χ1) is 11.2. The maximum absolute atomic E-state index is 12.4. The van der Waals surface area contributed by atoms with Crippen molar-refractivity contribution < 1.29 is 13.2 Å². The number of sulfonamides is 1. The Hall–Kier alpha value is -1.16. The number of carbonyl (C=O) groups is 1. The molecule has 1 N–H and O–H groups in total. The van der Waals surface area contributed by atoms with E-state index in [1.807, 2.05) is 19.1 Å². The highest BCUT2D eigenvalue weighted by Crippen LogP contribution is 2.19. The number of amides is 1. The molecule has 0 heterocycles. The quantitative estimate of drug-likeness (QED) is 0.669. The maximum Gasteiger partial charge on any atom is 0.243 e. The molecule has 128 valence electrons. The van der Waals surface area contributed by atoms with Crippen LogP contribution >= 0.6 is 34.2 Å². The zero-order valence-electron chi connectivity index (χ0n) is 13.1. The summed E-state index contributed by atoms with van der Waals surface area (Å²) in [5.41, 5.74) is 1.58. The van der Waals surface area contributed by atoms with Gasteiger partial charge in [0.1, 0.15) is 0 Å². The van der Waals surface area contributed by atoms with Gasteiger partial charge in [-0.25, -0.2) is 8.42 Å². The van der Waals surface area contributed by atoms with Crippen LogP contribution in [0, 0.1) is 10.5 Å². The van der Waals surface area contributed by atoms with Gasteiger partial charge in [-0.1, -0.05) is 11.6 Å². The predicted molar refractivity (Wildman–Crippen MR) is 104 cm³/mol. The van der Waals surface area contributed by atoms with E-state index in [0.29, 0.717) is 10.7 Å². The number of nitrogens with one attached hydrogen (secondary N) is 1. The highest BCUT2D eigenvalue weighted by molar-refractivity contribution is 14.1. The molecule has 0 bridgehead atoms. The highest BCUT2D eigenvalue weighted by Gasteiger charge is 2.23. The Morgan fingerprint density at radius 1 is 1.21 bits per heavy atom. The Morgan fingerprint density at radius 3 is 2.42 bits per heavy atom. The number of hydrogen-bond donors (Lipinski definition) is 1. The van der Waals surface area contributed by atoms with Crippen molar-refractivity contribution in [2.75, 3.05) is 18.9 Å². The molecule has 0 radical (unpaired) electrons. The summed E-state index contributed by atoms with van der Waals surface area (Å²) < 4.78 is 27.0. The third-order valence-corrected chi connectivity index (χ3v) is 6.09. The fourth-order valence-corrected chi connectivity index (χ4v) is 3.93. The fraction of sp³-hybridized carbons (Fsp3) is 0.188. The number of nitrogens with zero attached hydrogens (tertiary/aromatic N) is 1. The van der Waals surface area contributed by atoms with Gasteiger partial charge in [0, 0.05) is 21.3 Å². The Labute approximate surface area is 160 Å². The third kappa shape index (κ3) is 4.69. The molecule has 0 aliphatic heterocycles. The second-order valence-corrected chi connectivity index (χ2v) is 8.95. The van der Waals surface area contributed by atoms with E-state index in [2.05, 4.69) is 27.9 Å². The van der Waals surface area contributed by atoms with Crippen LogP contribution in [0.1, 0.15) is 5.56 Å². The maximum atomic E-state index is 12.4. The summed E-state index contributed by atoms with van der Waals surface area (Å²) in [6.45, 7) is 1.60. The molecule has 2 aromatic rings. The van der Waals surface area contributed by atoms with Gasteiger partial charge in [-0.15, -0.1) is 0 Å². The van der Waals surface area contributed by atoms with E-state index in [0.717, 1.165) is 13.4 Å². The average molecular weight is 479 g/mol. The average Bonchev–Trinajstić information content (AvgIpc) is 2.50. The number of rotatable bonds is 5. The molecule has 1 amide bonds. The van der Waals surface area contributed by atoms with Crippen LogP contribution in [0.5, 0.6) is 0 Å². The first-order valence-electron chi connectivity index (χ1n) is 6.98. The summed E-state index contributed by atoms with van der Waals surface area (Å²) in [7, 11) is -2.38. The summed E-state index contributed by atoms with van der Waals surface area (Å²) in [5, 5.41) is 3.18. The molecule has 0 unspecified atom stereocenters. The minimum absolute atomic E-state index is 0.0904. The molecule has 0 spiro atoms. The van der Waals surface area contributed by atoms with Gasteiger partial charge in [-0.3, -0.25) is 4.79 Å². The van der Waals surface area contributed by atoms with E-state index in [9.17, 15) is 13.2 Å². The van der Waals surface area contributed by atoms with Crippen molar-refractivity contribution >= 4 is 55.8 Å². The van der Waals surface area contributed by atoms with Crippen LogP contribution in [0.2, 0.25) is 5.02 Å². The number of hydrogen-bond acceptors (Lipinski definition) is 3. The topological polar surface area (TPSA) is 66.5 Å². The number of benzene rings is 2. The van der Waals surface area contributed by atoms with Crippen LogP contribution < -0.4 is 5.32 Å². The smallest absolute Gasteiger partial charge is 0.243 e. The Kier molecular flexibility index (Phi) is 6.24. The number of aryl methyl sites for hydroxylation is 1. The summed E-state index contributed by atoms with van der Waals surface area (Å²) in [4.78, 5) is 12.2. The largest absolute Gasteiger partial charge is 0.325 e. The Morgan fingerprint density at radius 2 is 1.83 bits per heavy atom. The van der Waals surface area contributed by atoms with E-state index in [4.69, 9.17) is 11.6 Å². The summed E-state index contributed by atoms with van der Waals surface area (Å²) in [6.07, 6.45) is 0. The van der Waals surface area contributed by atoms with E-state index < -0.39 is 15.9 Å². The highest BCUT2D eigenvalue weighted by atomic mass is 127. The van der Waals surface area contributed by atoms with Crippen LogP contribution in [-0.4, -0.2) is 32.2 Å². The van der Waals surface area contributed by atoms with Gasteiger partial charge in [-0.05, 0) is 77.5 Å². The zero-order chi connectivity index (χ0) is 17.9. The van der Waals surface area contributed by atoms with Crippen molar-refractivity contribution in [1.29, 1.82) is 0 Å². The third-order valence-electron chi connectivity index (χ3n) is 3.35. The van der Waals surface area contributed by atoms with Gasteiger partial charge in [0.15, 0.2) is 0 Å². The van der Waals surface area contributed by atoms with Crippen molar-refractivity contribution in [3.63, 3.8) is 0 Å². The molecule has 0 aliphatic rings. The molecule has 8 heteroatoms. The molecule has 0 saturated heterocycles. The normalized spacial score (nSPS) is 11.5. The molecule has 0 atom stereocenters. The van der Waals surface area contributed by atoms with Crippen molar-refractivity contribution in [1.82, 2.24) is 4.31 Å². The standard InChI is InChI=1S/C16H16ClIN2O3S/c1-11-9-13(18)5-8-15(11)19-16(21)10-20(2)24(22,23)14-6-3-12(17)4-7-14/h3-9H,10H2,1-2H3,(H,19,21). The van der Waals surface area contributed by atoms with Gasteiger partial charge in [-0.2, -0.15) is 4.31 Å². The van der Waals surface area contributed by atoms with Gasteiger partial charge in [0.05, 0.1) is 11.4 Å². The molecule has 0 aliphatic carbocycles. The molecule has 0 aromatic heterocycles. The van der Waals surface area contributed by atoms with Crippen molar-refractivity contribution in [3.05, 3.63) is 56.6 Å². The fourth-order valence-electron chi connectivity index (χ4n) is 2.03. The number of likely N-dealkylation sites (N-methyl/N-ethyl adjacent to an activating group) is 1. The number of halogens is 2. The summed E-state index contributed by atoms with van der Waals surface area (Å²) in [5.74, 6) is -0.403. The van der Waals surface area contributed by atoms with Gasteiger partial charge in [0.25, 0.3) is 0 Å². The van der Waals surface area contributed by atoms with E-state index in [-0.39, 0.29) is 11.4 Å². The Balaban J connectivity index is 2.09. The molecule has 2 aromatic carbocycles. The minimum Gasteiger partial charge on any atom is -0.325 e. The zero-order valence-corrected chi connectivity index (χ0v) is 16.8. The van der Waals surface area contributed by atoms with Crippen LogP contribution in [0.15, 0.2) is 47.4 Å².